The van der Waals surface area contributed by atoms with Crippen LogP contribution in [0.25, 0.3) is 0 Å². The maximum absolute atomic E-state index is 10.3. The number of carbonyl (C=O) groups is 1. The molecule has 3 N–H and O–H groups in total. The van der Waals surface area contributed by atoms with E-state index < -0.39 is 5.97 Å². The highest BCUT2D eigenvalue weighted by molar-refractivity contribution is 5.67. The van der Waals surface area contributed by atoms with Gasteiger partial charge in [0.25, 0.3) is 0 Å². The number of rotatable bonds is 5. The molecule has 0 amide bonds. The Kier molecular flexibility index (Phi) is 3.73. The summed E-state index contributed by atoms with van der Waals surface area (Å²) in [6.07, 6.45) is 0. The minimum Gasteiger partial charge on any atom is -0.480 e. The summed E-state index contributed by atoms with van der Waals surface area (Å²) >= 11 is 0. The fourth-order valence-electron chi connectivity index (χ4n) is 1.79. The summed E-state index contributed by atoms with van der Waals surface area (Å²) < 4.78 is 10.3. The van der Waals surface area contributed by atoms with Crippen LogP contribution in [0.2, 0.25) is 0 Å². The largest absolute Gasteiger partial charge is 0.480 e. The van der Waals surface area contributed by atoms with Crippen LogP contribution in [0, 0.1) is 0 Å². The Hall–Kier alpha value is -1.43. The molecule has 1 aliphatic rings. The van der Waals surface area contributed by atoms with Gasteiger partial charge in [-0.3, -0.25) is 0 Å². The van der Waals surface area contributed by atoms with Crippen molar-refractivity contribution in [3.63, 3.8) is 0 Å². The molecule has 0 radical (unpaired) electrons. The Morgan fingerprint density at radius 3 is 3.00 bits per heavy atom. The Morgan fingerprint density at radius 2 is 2.24 bits per heavy atom. The van der Waals surface area contributed by atoms with Gasteiger partial charge in [0.15, 0.2) is 0 Å². The third-order valence-electron chi connectivity index (χ3n) is 2.70. The number of carboxylic acids is 1. The van der Waals surface area contributed by atoms with Crippen LogP contribution in [0.5, 0.6) is 0 Å². The second-order valence-electron chi connectivity index (χ2n) is 4.04. The van der Waals surface area contributed by atoms with Crippen molar-refractivity contribution in [3.05, 3.63) is 34.9 Å². The van der Waals surface area contributed by atoms with Crippen LogP contribution in [0.1, 0.15) is 22.7 Å². The van der Waals surface area contributed by atoms with Crippen molar-refractivity contribution in [1.29, 1.82) is 0 Å². The number of hydrogen-bond donors (Lipinski definition) is 2. The molecule has 0 bridgehead atoms. The highest BCUT2D eigenvalue weighted by Gasteiger charge is 2.14. The van der Waals surface area contributed by atoms with Gasteiger partial charge in [0, 0.05) is 0 Å². The van der Waals surface area contributed by atoms with Crippen LogP contribution in [0.4, 0.5) is 0 Å². The fraction of sp³-hybridized carbons (Fsp3) is 0.417. The quantitative estimate of drug-likeness (QED) is 0.792. The third kappa shape index (κ3) is 3.03. The predicted molar refractivity (Wildman–Crippen MR) is 60.3 cm³/mol. The van der Waals surface area contributed by atoms with Gasteiger partial charge in [0.05, 0.1) is 25.9 Å². The monoisotopic (exact) mass is 237 g/mol. The third-order valence-corrected chi connectivity index (χ3v) is 2.70. The molecule has 1 aromatic carbocycles. The second kappa shape index (κ2) is 5.27. The van der Waals surface area contributed by atoms with Crippen molar-refractivity contribution < 1.29 is 19.4 Å². The summed E-state index contributed by atoms with van der Waals surface area (Å²) in [5.41, 5.74) is 9.20. The van der Waals surface area contributed by atoms with Gasteiger partial charge < -0.3 is 20.3 Å². The first-order valence-electron chi connectivity index (χ1n) is 5.41. The van der Waals surface area contributed by atoms with Gasteiger partial charge in [-0.1, -0.05) is 18.2 Å². The van der Waals surface area contributed by atoms with E-state index in [1.165, 1.54) is 5.56 Å². The topological polar surface area (TPSA) is 81.8 Å². The van der Waals surface area contributed by atoms with E-state index in [2.05, 4.69) is 0 Å². The average Bonchev–Trinajstić information content (AvgIpc) is 2.75. The van der Waals surface area contributed by atoms with E-state index in [1.54, 1.807) is 0 Å². The zero-order valence-corrected chi connectivity index (χ0v) is 9.39. The summed E-state index contributed by atoms with van der Waals surface area (Å²) in [4.78, 5) is 10.3. The lowest BCUT2D eigenvalue weighted by Gasteiger charge is -2.12. The number of fused-ring (bicyclic) bond motifs is 1. The van der Waals surface area contributed by atoms with E-state index in [1.807, 2.05) is 18.2 Å². The number of ether oxygens (including phenoxy) is 2. The van der Waals surface area contributed by atoms with E-state index in [9.17, 15) is 4.79 Å². The van der Waals surface area contributed by atoms with Crippen LogP contribution in [0.3, 0.4) is 0 Å². The summed E-state index contributed by atoms with van der Waals surface area (Å²) in [6, 6.07) is 5.62. The number of nitrogens with two attached hydrogens (primary N) is 1. The minimum atomic E-state index is -0.987. The molecule has 0 aromatic heterocycles. The summed E-state index contributed by atoms with van der Waals surface area (Å²) in [5, 5.41) is 8.44. The Labute approximate surface area is 99.1 Å². The normalized spacial score (nSPS) is 15.6. The number of carboxylic acid groups (broad SMARTS) is 1. The number of benzene rings is 1. The molecule has 0 aliphatic carbocycles. The summed E-state index contributed by atoms with van der Waals surface area (Å²) in [5.74, 6) is -0.987. The van der Waals surface area contributed by atoms with E-state index in [4.69, 9.17) is 20.3 Å². The predicted octanol–water partition coefficient (Wildman–Crippen LogP) is 0.818. The van der Waals surface area contributed by atoms with Gasteiger partial charge >= 0.3 is 5.97 Å². The van der Waals surface area contributed by atoms with Gasteiger partial charge in [0.2, 0.25) is 0 Å². The Balaban J connectivity index is 1.95. The van der Waals surface area contributed by atoms with Gasteiger partial charge in [0.1, 0.15) is 6.61 Å². The van der Waals surface area contributed by atoms with Crippen molar-refractivity contribution in [3.8, 4) is 0 Å². The molecule has 0 saturated carbocycles. The van der Waals surface area contributed by atoms with E-state index in [0.29, 0.717) is 13.2 Å². The average molecular weight is 237 g/mol. The molecule has 5 heteroatoms. The molecule has 92 valence electrons. The Bertz CT molecular complexity index is 419. The second-order valence-corrected chi connectivity index (χ2v) is 4.04. The zero-order chi connectivity index (χ0) is 12.3. The van der Waals surface area contributed by atoms with Crippen LogP contribution in [-0.4, -0.2) is 24.3 Å². The molecule has 0 fully saturated rings. The van der Waals surface area contributed by atoms with Crippen molar-refractivity contribution in [2.24, 2.45) is 5.73 Å². The van der Waals surface area contributed by atoms with Gasteiger partial charge in [-0.05, 0) is 16.7 Å². The molecule has 0 spiro atoms. The van der Waals surface area contributed by atoms with Crippen LogP contribution < -0.4 is 5.73 Å². The van der Waals surface area contributed by atoms with E-state index >= 15 is 0 Å². The standard InChI is InChI=1S/C12H15NO4/c13-11(6-17-7-12(14)15)8-1-2-9-4-16-5-10(9)3-8/h1-3,11H,4-7,13H2,(H,14,15). The molecular formula is C12H15NO4. The van der Waals surface area contributed by atoms with Gasteiger partial charge in [-0.2, -0.15) is 0 Å². The molecule has 1 aliphatic heterocycles. The molecule has 1 aromatic rings. The first kappa shape index (κ1) is 12.0. The number of hydrogen-bond acceptors (Lipinski definition) is 4. The van der Waals surface area contributed by atoms with Crippen molar-refractivity contribution in [2.45, 2.75) is 19.3 Å². The molecule has 5 nitrogen and oxygen atoms in total. The first-order chi connectivity index (χ1) is 8.16. The lowest BCUT2D eigenvalue weighted by molar-refractivity contribution is -0.142. The van der Waals surface area contributed by atoms with E-state index in [0.717, 1.165) is 11.1 Å². The van der Waals surface area contributed by atoms with Gasteiger partial charge in [-0.25, -0.2) is 4.79 Å². The first-order valence-corrected chi connectivity index (χ1v) is 5.41. The van der Waals surface area contributed by atoms with Crippen molar-refractivity contribution in [1.82, 2.24) is 0 Å². The highest BCUT2D eigenvalue weighted by atomic mass is 16.5. The molecular weight excluding hydrogens is 222 g/mol. The van der Waals surface area contributed by atoms with E-state index in [-0.39, 0.29) is 19.3 Å². The summed E-state index contributed by atoms with van der Waals surface area (Å²) in [7, 11) is 0. The molecule has 17 heavy (non-hydrogen) atoms. The summed E-state index contributed by atoms with van der Waals surface area (Å²) in [6.45, 7) is 1.15. The molecule has 1 heterocycles. The Morgan fingerprint density at radius 1 is 1.47 bits per heavy atom. The highest BCUT2D eigenvalue weighted by Crippen LogP contribution is 2.23. The maximum Gasteiger partial charge on any atom is 0.329 e. The van der Waals surface area contributed by atoms with Crippen molar-refractivity contribution >= 4 is 5.97 Å². The SMILES string of the molecule is NC(COCC(=O)O)c1ccc2c(c1)COC2. The zero-order valence-electron chi connectivity index (χ0n) is 9.39. The molecule has 0 saturated heterocycles. The van der Waals surface area contributed by atoms with Crippen LogP contribution >= 0.6 is 0 Å². The van der Waals surface area contributed by atoms with Crippen LogP contribution in [-0.2, 0) is 27.5 Å². The van der Waals surface area contributed by atoms with Crippen LogP contribution in [0.15, 0.2) is 18.2 Å². The number of aliphatic carboxylic acids is 1. The van der Waals surface area contributed by atoms with Gasteiger partial charge in [-0.15, -0.1) is 0 Å². The molecule has 1 atom stereocenters. The molecule has 2 rings (SSSR count). The molecule has 1 unspecified atom stereocenters. The smallest absolute Gasteiger partial charge is 0.329 e. The lowest BCUT2D eigenvalue weighted by atomic mass is 10.0. The lowest BCUT2D eigenvalue weighted by Crippen LogP contribution is -2.19. The minimum absolute atomic E-state index is 0.200. The van der Waals surface area contributed by atoms with Crippen molar-refractivity contribution in [2.75, 3.05) is 13.2 Å². The fourth-order valence-corrected chi connectivity index (χ4v) is 1.79. The maximum atomic E-state index is 10.3.